The van der Waals surface area contributed by atoms with Gasteiger partial charge in [0.1, 0.15) is 18.0 Å². The number of hydrogen-bond donors (Lipinski definition) is 3. The molecule has 0 aliphatic carbocycles. The first-order chi connectivity index (χ1) is 27.9. The molecule has 2 atom stereocenters. The van der Waals surface area contributed by atoms with Gasteiger partial charge in [-0.05, 0) is 56.5 Å². The van der Waals surface area contributed by atoms with Gasteiger partial charge in [-0.3, -0.25) is 38.9 Å². The number of pyridine rings is 1. The second kappa shape index (κ2) is 17.3. The van der Waals surface area contributed by atoms with Gasteiger partial charge in [0.05, 0.1) is 28.4 Å². The van der Waals surface area contributed by atoms with Crippen molar-refractivity contribution >= 4 is 64.2 Å². The molecular weight excluding hydrogens is 790 g/mol. The summed E-state index contributed by atoms with van der Waals surface area (Å²) in [6.07, 6.45) is 7.29. The van der Waals surface area contributed by atoms with Crippen LogP contribution in [0.15, 0.2) is 55.0 Å². The Balaban J connectivity index is 0.856. The van der Waals surface area contributed by atoms with Crippen LogP contribution in [-0.4, -0.2) is 79.8 Å². The molecule has 4 N–H and O–H groups in total. The minimum Gasteiger partial charge on any atom is -0.482 e. The zero-order valence-electron chi connectivity index (χ0n) is 31.4. The van der Waals surface area contributed by atoms with Crippen molar-refractivity contribution in [1.82, 2.24) is 29.9 Å². The Bertz CT molecular complexity index is 2370. The molecule has 2 fully saturated rings. The lowest BCUT2D eigenvalue weighted by Crippen LogP contribution is -2.54. The van der Waals surface area contributed by atoms with E-state index in [4.69, 9.17) is 33.7 Å². The normalized spacial score (nSPS) is 17.4. The van der Waals surface area contributed by atoms with E-state index in [1.54, 1.807) is 43.6 Å². The largest absolute Gasteiger partial charge is 0.482 e. The van der Waals surface area contributed by atoms with Gasteiger partial charge in [-0.15, -0.1) is 11.8 Å². The predicted octanol–water partition coefficient (Wildman–Crippen LogP) is 5.96. The molecule has 0 saturated carbocycles. The monoisotopic (exact) mass is 828 g/mol. The maximum Gasteiger partial charge on any atom is 0.264 e. The number of nitrogen functional groups attached to an aromatic ring is 1. The van der Waals surface area contributed by atoms with Crippen LogP contribution >= 0.6 is 23.2 Å². The summed E-state index contributed by atoms with van der Waals surface area (Å²) in [6, 6.07) is 8.30. The average molecular weight is 830 g/mol. The van der Waals surface area contributed by atoms with Crippen molar-refractivity contribution in [2.24, 2.45) is 0 Å². The van der Waals surface area contributed by atoms with E-state index in [0.717, 1.165) is 28.9 Å². The van der Waals surface area contributed by atoms with Crippen LogP contribution < -0.4 is 21.1 Å². The van der Waals surface area contributed by atoms with Crippen LogP contribution in [0.25, 0.3) is 11.1 Å². The SMILES string of the molecule is CC(Oc1cc(-c2cnn(C3CCN(C(=O)CCC#CCCNc4cccc5c4C(=O)N(C4CCC(=O)NC4=O)C5=O)CC3)c2)cnc1N)c1c(Cl)ccc(F)c1Cl. The average Bonchev–Trinajstić information content (AvgIpc) is 3.80. The fourth-order valence-electron chi connectivity index (χ4n) is 7.37. The van der Waals surface area contributed by atoms with Gasteiger partial charge in [0.15, 0.2) is 11.6 Å². The van der Waals surface area contributed by atoms with Gasteiger partial charge >= 0.3 is 0 Å². The Morgan fingerprint density at radius 1 is 1.05 bits per heavy atom. The van der Waals surface area contributed by atoms with Gasteiger partial charge in [-0.1, -0.05) is 29.3 Å². The van der Waals surface area contributed by atoms with Crippen LogP contribution in [0.4, 0.5) is 15.9 Å². The summed E-state index contributed by atoms with van der Waals surface area (Å²) in [4.78, 5) is 70.4. The predicted molar refractivity (Wildman–Crippen MR) is 213 cm³/mol. The van der Waals surface area contributed by atoms with Gasteiger partial charge in [-0.25, -0.2) is 9.37 Å². The zero-order chi connectivity index (χ0) is 41.1. The van der Waals surface area contributed by atoms with E-state index in [1.807, 2.05) is 15.8 Å². The Kier molecular flexibility index (Phi) is 12.0. The lowest BCUT2D eigenvalue weighted by atomic mass is 10.0. The van der Waals surface area contributed by atoms with Crippen LogP contribution in [-0.2, 0) is 14.4 Å². The van der Waals surface area contributed by atoms with Crippen LogP contribution in [0.2, 0.25) is 10.0 Å². The van der Waals surface area contributed by atoms with E-state index in [9.17, 15) is 28.4 Å². The van der Waals surface area contributed by atoms with Crippen LogP contribution in [0, 0.1) is 17.7 Å². The maximum absolute atomic E-state index is 14.1. The second-order valence-electron chi connectivity index (χ2n) is 14.2. The molecule has 7 rings (SSSR count). The van der Waals surface area contributed by atoms with Crippen LogP contribution in [0.5, 0.6) is 5.75 Å². The summed E-state index contributed by atoms with van der Waals surface area (Å²) in [5, 5.41) is 10.1. The van der Waals surface area contributed by atoms with E-state index in [1.165, 1.54) is 12.1 Å². The first-order valence-electron chi connectivity index (χ1n) is 18.8. The maximum atomic E-state index is 14.1. The molecule has 17 heteroatoms. The van der Waals surface area contributed by atoms with E-state index < -0.39 is 41.6 Å². The standard InChI is InChI=1S/C41H39Cl2FN8O6/c1-23(35-28(42)10-11-29(44)37(35)43)58-32-19-24(20-47-38(32)45)25-21-48-51(22-25)26-14-17-50(18-15-26)34(54)9-4-2-3-5-16-46-30-8-6-7-27-36(30)41(57)52(40(27)56)31-12-13-33(53)49-39(31)55/h6-8,10-11,19-23,26,31,46H,4-5,9,12-18H2,1H3,(H2,45,47)(H,49,53,55). The highest BCUT2D eigenvalue weighted by molar-refractivity contribution is 6.36. The van der Waals surface area contributed by atoms with Crippen molar-refractivity contribution in [2.45, 2.75) is 70.1 Å². The molecule has 5 heterocycles. The molecule has 4 aromatic rings. The molecule has 3 aliphatic heterocycles. The number of nitrogens with one attached hydrogen (secondary N) is 2. The summed E-state index contributed by atoms with van der Waals surface area (Å²) < 4.78 is 22.1. The van der Waals surface area contributed by atoms with Crippen LogP contribution in [0.1, 0.15) is 90.3 Å². The molecule has 300 valence electrons. The minimum absolute atomic E-state index is 0.0335. The molecule has 2 aromatic carbocycles. The fourth-order valence-corrected chi connectivity index (χ4v) is 8.04. The van der Waals surface area contributed by atoms with E-state index >= 15 is 0 Å². The summed E-state index contributed by atoms with van der Waals surface area (Å²) in [5.74, 6) is 3.75. The summed E-state index contributed by atoms with van der Waals surface area (Å²) in [5.41, 5.74) is 8.79. The Labute approximate surface area is 343 Å². The molecule has 14 nitrogen and oxygen atoms in total. The van der Waals surface area contributed by atoms with E-state index in [2.05, 4.69) is 32.6 Å². The fraction of sp³-hybridized carbons (Fsp3) is 0.341. The molecule has 58 heavy (non-hydrogen) atoms. The van der Waals surface area contributed by atoms with Crippen molar-refractivity contribution in [3.63, 3.8) is 0 Å². The van der Waals surface area contributed by atoms with Crippen molar-refractivity contribution in [3.8, 4) is 28.7 Å². The third-order valence-electron chi connectivity index (χ3n) is 10.4. The highest BCUT2D eigenvalue weighted by atomic mass is 35.5. The number of carbonyl (C=O) groups is 5. The lowest BCUT2D eigenvalue weighted by molar-refractivity contribution is -0.136. The number of nitrogens with zero attached hydrogens (tertiary/aromatic N) is 5. The number of benzene rings is 2. The molecule has 0 radical (unpaired) electrons. The number of aromatic nitrogens is 3. The number of hydrogen-bond acceptors (Lipinski definition) is 10. The number of carbonyl (C=O) groups excluding carboxylic acids is 5. The topological polar surface area (TPSA) is 182 Å². The molecule has 0 spiro atoms. The Hall–Kier alpha value is -5.98. The Morgan fingerprint density at radius 2 is 1.83 bits per heavy atom. The molecule has 0 bridgehead atoms. The molecule has 2 aromatic heterocycles. The second-order valence-corrected chi connectivity index (χ2v) is 14.9. The number of imide groups is 2. The zero-order valence-corrected chi connectivity index (χ0v) is 32.9. The first kappa shape index (κ1) is 40.2. The third kappa shape index (κ3) is 8.34. The minimum atomic E-state index is -1.04. The van der Waals surface area contributed by atoms with Gasteiger partial charge in [0.2, 0.25) is 17.7 Å². The summed E-state index contributed by atoms with van der Waals surface area (Å²) in [7, 11) is 0. The quantitative estimate of drug-likeness (QED) is 0.0706. The van der Waals surface area contributed by atoms with Gasteiger partial charge in [0, 0.05) is 85.1 Å². The summed E-state index contributed by atoms with van der Waals surface area (Å²) in [6.45, 7) is 3.26. The molecule has 2 saturated heterocycles. The Morgan fingerprint density at radius 3 is 2.60 bits per heavy atom. The number of amides is 5. The number of likely N-dealkylation sites (tertiary alicyclic amines) is 1. The smallest absolute Gasteiger partial charge is 0.264 e. The number of halogens is 3. The van der Waals surface area contributed by atoms with Crippen molar-refractivity contribution in [1.29, 1.82) is 0 Å². The molecular formula is C41H39Cl2FN8O6. The molecule has 2 unspecified atom stereocenters. The van der Waals surface area contributed by atoms with Crippen LogP contribution in [0.3, 0.4) is 0 Å². The summed E-state index contributed by atoms with van der Waals surface area (Å²) >= 11 is 12.5. The van der Waals surface area contributed by atoms with E-state index in [-0.39, 0.29) is 57.5 Å². The van der Waals surface area contributed by atoms with Gasteiger partial charge < -0.3 is 20.7 Å². The number of anilines is 2. The van der Waals surface area contributed by atoms with Crippen molar-refractivity contribution < 1.29 is 33.1 Å². The number of nitrogens with two attached hydrogens (primary N) is 1. The third-order valence-corrected chi connectivity index (χ3v) is 11.1. The number of rotatable bonds is 11. The number of fused-ring (bicyclic) bond motifs is 1. The van der Waals surface area contributed by atoms with Gasteiger partial charge in [-0.2, -0.15) is 5.10 Å². The van der Waals surface area contributed by atoms with Gasteiger partial charge in [0.25, 0.3) is 11.8 Å². The van der Waals surface area contributed by atoms with Crippen molar-refractivity contribution in [2.75, 3.05) is 30.7 Å². The van der Waals surface area contributed by atoms with E-state index in [0.29, 0.717) is 50.1 Å². The molecule has 3 aliphatic rings. The highest BCUT2D eigenvalue weighted by Crippen LogP contribution is 2.37. The van der Waals surface area contributed by atoms with Crippen molar-refractivity contribution in [3.05, 3.63) is 87.5 Å². The first-order valence-corrected chi connectivity index (χ1v) is 19.6. The highest BCUT2D eigenvalue weighted by Gasteiger charge is 2.45. The molecule has 5 amide bonds. The number of piperidine rings is 2. The lowest BCUT2D eigenvalue weighted by Gasteiger charge is -2.32. The number of ether oxygens (including phenoxy) is 1.